The Hall–Kier alpha value is -3.79. The van der Waals surface area contributed by atoms with E-state index in [1.54, 1.807) is 43.0 Å². The molecule has 0 aliphatic rings. The Labute approximate surface area is 161 Å². The second-order valence-corrected chi connectivity index (χ2v) is 6.84. The molecule has 0 unspecified atom stereocenters. The number of carbonyl (C=O) groups is 1. The van der Waals surface area contributed by atoms with Crippen molar-refractivity contribution in [3.05, 3.63) is 60.6 Å². The van der Waals surface area contributed by atoms with Gasteiger partial charge in [0.25, 0.3) is 11.7 Å². The van der Waals surface area contributed by atoms with E-state index in [2.05, 4.69) is 25.4 Å². The number of hydrogen-bond acceptors (Lipinski definition) is 8. The molecular weight excluding hydrogens is 380 g/mol. The lowest BCUT2D eigenvalue weighted by molar-refractivity contribution is 0.101. The molecule has 0 saturated heterocycles. The van der Waals surface area contributed by atoms with Crippen LogP contribution in [-0.2, 0) is 0 Å². The second-order valence-electron chi connectivity index (χ2n) is 5.84. The van der Waals surface area contributed by atoms with Crippen LogP contribution in [0.5, 0.6) is 0 Å². The number of rotatable bonds is 4. The van der Waals surface area contributed by atoms with Crippen molar-refractivity contribution in [2.45, 2.75) is 6.92 Å². The third kappa shape index (κ3) is 2.76. The molecule has 0 radical (unpaired) electrons. The van der Waals surface area contributed by atoms with Crippen molar-refractivity contribution in [2.24, 2.45) is 0 Å². The number of anilines is 1. The highest BCUT2D eigenvalue weighted by Gasteiger charge is 2.22. The minimum absolute atomic E-state index is 0.0103. The molecule has 9 nitrogen and oxygen atoms in total. The molecule has 5 rings (SSSR count). The summed E-state index contributed by atoms with van der Waals surface area (Å²) in [4.78, 5) is 26.2. The number of amides is 1. The largest absolute Gasteiger partial charge is 0.463 e. The smallest absolute Gasteiger partial charge is 0.297 e. The van der Waals surface area contributed by atoms with Crippen molar-refractivity contribution in [3.8, 4) is 22.1 Å². The predicted molar refractivity (Wildman–Crippen MR) is 101 cm³/mol. The fourth-order valence-electron chi connectivity index (χ4n) is 2.68. The molecule has 0 bridgehead atoms. The molecular formula is C18H12N6O3S. The average molecular weight is 392 g/mol. The summed E-state index contributed by atoms with van der Waals surface area (Å²) in [5, 5.41) is 7.33. The molecule has 0 fully saturated rings. The van der Waals surface area contributed by atoms with Crippen LogP contribution in [0, 0.1) is 6.92 Å². The van der Waals surface area contributed by atoms with Crippen molar-refractivity contribution in [1.82, 2.24) is 24.6 Å². The maximum Gasteiger partial charge on any atom is 0.297 e. The molecule has 0 aliphatic heterocycles. The van der Waals surface area contributed by atoms with E-state index in [0.29, 0.717) is 28.1 Å². The predicted octanol–water partition coefficient (Wildman–Crippen LogP) is 3.66. The van der Waals surface area contributed by atoms with E-state index >= 15 is 0 Å². The lowest BCUT2D eigenvalue weighted by Gasteiger charge is -1.96. The highest BCUT2D eigenvalue weighted by atomic mass is 32.1. The summed E-state index contributed by atoms with van der Waals surface area (Å²) in [5.41, 5.74) is 1.41. The number of nitrogens with zero attached hydrogens (tertiary/aromatic N) is 5. The van der Waals surface area contributed by atoms with Crippen molar-refractivity contribution < 1.29 is 13.6 Å². The van der Waals surface area contributed by atoms with Gasteiger partial charge in [0.05, 0.1) is 12.5 Å². The first kappa shape index (κ1) is 16.4. The lowest BCUT2D eigenvalue weighted by atomic mass is 10.2. The first-order chi connectivity index (χ1) is 13.7. The topological polar surface area (TPSA) is 111 Å². The number of hydrogen-bond donors (Lipinski definition) is 1. The number of aromatic nitrogens is 5. The standard InChI is InChI=1S/C18H12N6O3S/c1-10-6-7-19-17-21-15(23-24(10)17)16(25)22-18-20-13(11-4-2-8-26-11)14(28-18)12-5-3-9-27-12/h2-9H,1H3,(H,20,22,25). The van der Waals surface area contributed by atoms with Crippen LogP contribution in [0.1, 0.15) is 16.3 Å². The van der Waals surface area contributed by atoms with E-state index in [0.717, 1.165) is 10.6 Å². The summed E-state index contributed by atoms with van der Waals surface area (Å²) in [6.45, 7) is 1.86. The average Bonchev–Trinajstić information content (AvgIpc) is 3.46. The number of furan rings is 2. The minimum atomic E-state index is -0.476. The van der Waals surface area contributed by atoms with E-state index in [1.165, 1.54) is 15.9 Å². The number of aryl methyl sites for hydroxylation is 1. The van der Waals surface area contributed by atoms with Crippen LogP contribution in [0.3, 0.4) is 0 Å². The van der Waals surface area contributed by atoms with Gasteiger partial charge >= 0.3 is 0 Å². The molecule has 0 aliphatic carbocycles. The molecule has 1 N–H and O–H groups in total. The van der Waals surface area contributed by atoms with Gasteiger partial charge in [-0.3, -0.25) is 10.1 Å². The van der Waals surface area contributed by atoms with Crippen molar-refractivity contribution in [2.75, 3.05) is 5.32 Å². The summed E-state index contributed by atoms with van der Waals surface area (Å²) in [7, 11) is 0. The fraction of sp³-hybridized carbons (Fsp3) is 0.0556. The Kier molecular flexibility index (Phi) is 3.76. The van der Waals surface area contributed by atoms with Gasteiger partial charge < -0.3 is 8.83 Å². The summed E-state index contributed by atoms with van der Waals surface area (Å²) in [6.07, 6.45) is 4.76. The molecule has 1 amide bonds. The zero-order valence-corrected chi connectivity index (χ0v) is 15.3. The maximum absolute atomic E-state index is 12.6. The van der Waals surface area contributed by atoms with Gasteiger partial charge in [0, 0.05) is 11.9 Å². The molecule has 0 atom stereocenters. The molecule has 5 aromatic rings. The Morgan fingerprint density at radius 2 is 1.89 bits per heavy atom. The van der Waals surface area contributed by atoms with Crippen LogP contribution in [0.2, 0.25) is 0 Å². The van der Waals surface area contributed by atoms with Crippen LogP contribution in [0.15, 0.2) is 57.9 Å². The SMILES string of the molecule is Cc1ccnc2nc(C(=O)Nc3nc(-c4ccco4)c(-c4ccco4)s3)nn12. The third-order valence-corrected chi connectivity index (χ3v) is 4.97. The zero-order chi connectivity index (χ0) is 19.1. The van der Waals surface area contributed by atoms with Crippen LogP contribution in [0.4, 0.5) is 5.13 Å². The van der Waals surface area contributed by atoms with Crippen molar-refractivity contribution >= 4 is 28.2 Å². The van der Waals surface area contributed by atoms with Crippen LogP contribution in [0.25, 0.3) is 27.9 Å². The highest BCUT2D eigenvalue weighted by Crippen LogP contribution is 2.39. The molecule has 138 valence electrons. The highest BCUT2D eigenvalue weighted by molar-refractivity contribution is 7.19. The first-order valence-electron chi connectivity index (χ1n) is 8.27. The van der Waals surface area contributed by atoms with Gasteiger partial charge in [0.1, 0.15) is 16.3 Å². The van der Waals surface area contributed by atoms with Crippen molar-refractivity contribution in [1.29, 1.82) is 0 Å². The maximum atomic E-state index is 12.6. The molecule has 0 aromatic carbocycles. The van der Waals surface area contributed by atoms with E-state index < -0.39 is 5.91 Å². The Morgan fingerprint density at radius 1 is 1.11 bits per heavy atom. The number of thiazole rings is 1. The van der Waals surface area contributed by atoms with Gasteiger partial charge in [-0.25, -0.2) is 14.5 Å². The van der Waals surface area contributed by atoms with E-state index in [-0.39, 0.29) is 5.82 Å². The Morgan fingerprint density at radius 3 is 2.61 bits per heavy atom. The zero-order valence-electron chi connectivity index (χ0n) is 14.5. The Bertz CT molecular complexity index is 1220. The normalized spacial score (nSPS) is 11.2. The first-order valence-corrected chi connectivity index (χ1v) is 9.09. The van der Waals surface area contributed by atoms with Gasteiger partial charge in [-0.05, 0) is 37.3 Å². The number of fused-ring (bicyclic) bond motifs is 1. The summed E-state index contributed by atoms with van der Waals surface area (Å²) >= 11 is 1.27. The van der Waals surface area contributed by atoms with Gasteiger partial charge in [0.15, 0.2) is 10.9 Å². The van der Waals surface area contributed by atoms with E-state index in [4.69, 9.17) is 8.83 Å². The molecule has 10 heteroatoms. The number of nitrogens with one attached hydrogen (secondary N) is 1. The lowest BCUT2D eigenvalue weighted by Crippen LogP contribution is -2.13. The molecule has 5 heterocycles. The summed E-state index contributed by atoms with van der Waals surface area (Å²) in [6, 6.07) is 8.97. The van der Waals surface area contributed by atoms with E-state index in [1.807, 2.05) is 13.0 Å². The molecule has 0 spiro atoms. The molecule has 0 saturated carbocycles. The summed E-state index contributed by atoms with van der Waals surface area (Å²) < 4.78 is 12.5. The third-order valence-electron chi connectivity index (χ3n) is 3.98. The number of carbonyl (C=O) groups excluding carboxylic acids is 1. The van der Waals surface area contributed by atoms with Crippen LogP contribution in [-0.4, -0.2) is 30.5 Å². The van der Waals surface area contributed by atoms with Crippen LogP contribution < -0.4 is 5.32 Å². The van der Waals surface area contributed by atoms with Gasteiger partial charge in [0.2, 0.25) is 5.82 Å². The van der Waals surface area contributed by atoms with Gasteiger partial charge in [-0.1, -0.05) is 11.3 Å². The summed E-state index contributed by atoms with van der Waals surface area (Å²) in [5.74, 6) is 1.10. The van der Waals surface area contributed by atoms with Crippen LogP contribution >= 0.6 is 11.3 Å². The second kappa shape index (κ2) is 6.43. The fourth-order valence-corrected chi connectivity index (χ4v) is 3.62. The minimum Gasteiger partial charge on any atom is -0.463 e. The molecule has 28 heavy (non-hydrogen) atoms. The van der Waals surface area contributed by atoms with Gasteiger partial charge in [-0.15, -0.1) is 5.10 Å². The molecule has 5 aromatic heterocycles. The van der Waals surface area contributed by atoms with Gasteiger partial charge in [-0.2, -0.15) is 4.98 Å². The van der Waals surface area contributed by atoms with Crippen molar-refractivity contribution in [3.63, 3.8) is 0 Å². The monoisotopic (exact) mass is 392 g/mol. The quantitative estimate of drug-likeness (QED) is 0.497. The Balaban J connectivity index is 1.50. The van der Waals surface area contributed by atoms with E-state index in [9.17, 15) is 4.79 Å².